The topological polar surface area (TPSA) is 23.9 Å². The molecule has 0 aliphatic rings. The van der Waals surface area contributed by atoms with E-state index in [4.69, 9.17) is 5.41 Å². The molecular formula is C11H13N. The minimum absolute atomic E-state index is 0.656. The molecule has 0 unspecified atom stereocenters. The summed E-state index contributed by atoms with van der Waals surface area (Å²) in [5, 5.41) is 7.54. The Morgan fingerprint density at radius 2 is 2.00 bits per heavy atom. The summed E-state index contributed by atoms with van der Waals surface area (Å²) in [5.41, 5.74) is 1.85. The fourth-order valence-corrected chi connectivity index (χ4v) is 1.08. The molecule has 1 aromatic rings. The van der Waals surface area contributed by atoms with E-state index in [1.54, 1.807) is 0 Å². The van der Waals surface area contributed by atoms with Crippen molar-refractivity contribution in [3.05, 3.63) is 48.0 Å². The van der Waals surface area contributed by atoms with Crippen molar-refractivity contribution in [3.8, 4) is 0 Å². The maximum absolute atomic E-state index is 7.54. The summed E-state index contributed by atoms with van der Waals surface area (Å²) in [5.74, 6) is 0. The summed E-state index contributed by atoms with van der Waals surface area (Å²) in [6.07, 6.45) is 4.45. The van der Waals surface area contributed by atoms with Crippen molar-refractivity contribution in [2.45, 2.75) is 13.3 Å². The van der Waals surface area contributed by atoms with Gasteiger partial charge >= 0.3 is 0 Å². The SMILES string of the molecule is C/C=C\C(=N)Cc1ccccc1. The number of allylic oxidation sites excluding steroid dienone is 2. The van der Waals surface area contributed by atoms with Gasteiger partial charge in [0.15, 0.2) is 0 Å². The first-order valence-corrected chi connectivity index (χ1v) is 4.07. The maximum atomic E-state index is 7.54. The molecule has 0 aliphatic heterocycles. The Bertz CT molecular complexity index is 272. The molecule has 0 radical (unpaired) electrons. The van der Waals surface area contributed by atoms with E-state index in [1.807, 2.05) is 49.4 Å². The average Bonchev–Trinajstić information content (AvgIpc) is 2.06. The Labute approximate surface area is 73.3 Å². The zero-order chi connectivity index (χ0) is 8.81. The summed E-state index contributed by atoms with van der Waals surface area (Å²) in [6, 6.07) is 10.1. The molecular weight excluding hydrogens is 146 g/mol. The predicted octanol–water partition coefficient (Wildman–Crippen LogP) is 2.82. The van der Waals surface area contributed by atoms with Crippen molar-refractivity contribution >= 4 is 5.71 Å². The van der Waals surface area contributed by atoms with Gasteiger partial charge in [-0.25, -0.2) is 0 Å². The third-order valence-electron chi connectivity index (χ3n) is 1.61. The van der Waals surface area contributed by atoms with Gasteiger partial charge in [0, 0.05) is 12.1 Å². The van der Waals surface area contributed by atoms with Crippen LogP contribution in [0.25, 0.3) is 0 Å². The lowest BCUT2D eigenvalue weighted by molar-refractivity contribution is 1.29. The fraction of sp³-hybridized carbons (Fsp3) is 0.182. The molecule has 0 bridgehead atoms. The highest BCUT2D eigenvalue weighted by molar-refractivity contribution is 5.93. The minimum Gasteiger partial charge on any atom is -0.305 e. The molecule has 0 fully saturated rings. The molecule has 1 nitrogen and oxygen atoms in total. The third kappa shape index (κ3) is 2.70. The molecule has 0 amide bonds. The van der Waals surface area contributed by atoms with Crippen LogP contribution in [0.2, 0.25) is 0 Å². The fourth-order valence-electron chi connectivity index (χ4n) is 1.08. The molecule has 0 saturated carbocycles. The molecule has 1 heteroatoms. The van der Waals surface area contributed by atoms with E-state index in [9.17, 15) is 0 Å². The first kappa shape index (κ1) is 8.72. The van der Waals surface area contributed by atoms with Crippen LogP contribution in [-0.2, 0) is 6.42 Å². The number of hydrogen-bond acceptors (Lipinski definition) is 1. The van der Waals surface area contributed by atoms with Gasteiger partial charge in [-0.15, -0.1) is 0 Å². The van der Waals surface area contributed by atoms with Crippen molar-refractivity contribution in [1.82, 2.24) is 0 Å². The Balaban J connectivity index is 2.59. The van der Waals surface area contributed by atoms with Crippen LogP contribution in [0.4, 0.5) is 0 Å². The largest absolute Gasteiger partial charge is 0.305 e. The van der Waals surface area contributed by atoms with Crippen molar-refractivity contribution in [1.29, 1.82) is 5.41 Å². The summed E-state index contributed by atoms with van der Waals surface area (Å²) >= 11 is 0. The second-order valence-electron chi connectivity index (χ2n) is 2.69. The molecule has 1 rings (SSSR count). The van der Waals surface area contributed by atoms with E-state index in [1.165, 1.54) is 5.56 Å². The lowest BCUT2D eigenvalue weighted by Crippen LogP contribution is -1.96. The molecule has 1 aromatic carbocycles. The molecule has 62 valence electrons. The summed E-state index contributed by atoms with van der Waals surface area (Å²) in [4.78, 5) is 0. The van der Waals surface area contributed by atoms with E-state index in [2.05, 4.69) is 0 Å². The number of benzene rings is 1. The van der Waals surface area contributed by atoms with Crippen LogP contribution in [0.5, 0.6) is 0 Å². The predicted molar refractivity (Wildman–Crippen MR) is 52.7 cm³/mol. The zero-order valence-corrected chi connectivity index (χ0v) is 7.25. The molecule has 0 aliphatic carbocycles. The highest BCUT2D eigenvalue weighted by Gasteiger charge is 1.93. The average molecular weight is 159 g/mol. The normalized spacial score (nSPS) is 10.4. The molecule has 1 N–H and O–H groups in total. The quantitative estimate of drug-likeness (QED) is 0.656. The van der Waals surface area contributed by atoms with Crippen molar-refractivity contribution < 1.29 is 0 Å². The molecule has 0 heterocycles. The van der Waals surface area contributed by atoms with Crippen LogP contribution in [-0.4, -0.2) is 5.71 Å². The van der Waals surface area contributed by atoms with Gasteiger partial charge in [0.1, 0.15) is 0 Å². The van der Waals surface area contributed by atoms with Crippen LogP contribution in [0.1, 0.15) is 12.5 Å². The van der Waals surface area contributed by atoms with Crippen LogP contribution >= 0.6 is 0 Å². The Morgan fingerprint density at radius 1 is 1.33 bits per heavy atom. The second kappa shape index (κ2) is 4.50. The van der Waals surface area contributed by atoms with Gasteiger partial charge in [0.05, 0.1) is 0 Å². The van der Waals surface area contributed by atoms with E-state index < -0.39 is 0 Å². The van der Waals surface area contributed by atoms with Gasteiger partial charge in [-0.05, 0) is 18.6 Å². The van der Waals surface area contributed by atoms with Crippen LogP contribution in [0.15, 0.2) is 42.5 Å². The van der Waals surface area contributed by atoms with E-state index in [0.717, 1.165) is 6.42 Å². The van der Waals surface area contributed by atoms with Gasteiger partial charge in [-0.2, -0.15) is 0 Å². The van der Waals surface area contributed by atoms with Crippen LogP contribution in [0, 0.1) is 5.41 Å². The first-order chi connectivity index (χ1) is 5.83. The van der Waals surface area contributed by atoms with Gasteiger partial charge in [-0.1, -0.05) is 36.4 Å². The standard InChI is InChI=1S/C11H13N/c1-2-6-11(12)9-10-7-4-3-5-8-10/h2-8,12H,9H2,1H3/b6-2-,12-11?. The van der Waals surface area contributed by atoms with Crippen molar-refractivity contribution in [3.63, 3.8) is 0 Å². The van der Waals surface area contributed by atoms with E-state index >= 15 is 0 Å². The smallest absolute Gasteiger partial charge is 0.0354 e. The Hall–Kier alpha value is -1.37. The highest BCUT2D eigenvalue weighted by atomic mass is 14.4. The van der Waals surface area contributed by atoms with Crippen molar-refractivity contribution in [2.75, 3.05) is 0 Å². The molecule has 0 aromatic heterocycles. The molecule has 12 heavy (non-hydrogen) atoms. The third-order valence-corrected chi connectivity index (χ3v) is 1.61. The maximum Gasteiger partial charge on any atom is 0.0354 e. The van der Waals surface area contributed by atoms with Crippen molar-refractivity contribution in [2.24, 2.45) is 0 Å². The first-order valence-electron chi connectivity index (χ1n) is 4.07. The minimum atomic E-state index is 0.656. The second-order valence-corrected chi connectivity index (χ2v) is 2.69. The van der Waals surface area contributed by atoms with E-state index in [-0.39, 0.29) is 0 Å². The summed E-state index contributed by atoms with van der Waals surface area (Å²) in [6.45, 7) is 1.93. The lowest BCUT2D eigenvalue weighted by Gasteiger charge is -1.97. The Kier molecular flexibility index (Phi) is 3.27. The monoisotopic (exact) mass is 159 g/mol. The lowest BCUT2D eigenvalue weighted by atomic mass is 10.1. The van der Waals surface area contributed by atoms with Crippen LogP contribution in [0.3, 0.4) is 0 Å². The number of hydrogen-bond donors (Lipinski definition) is 1. The molecule has 0 spiro atoms. The van der Waals surface area contributed by atoms with Gasteiger partial charge < -0.3 is 5.41 Å². The Morgan fingerprint density at radius 3 is 2.58 bits per heavy atom. The summed E-state index contributed by atoms with van der Waals surface area (Å²) < 4.78 is 0. The van der Waals surface area contributed by atoms with E-state index in [0.29, 0.717) is 5.71 Å². The summed E-state index contributed by atoms with van der Waals surface area (Å²) in [7, 11) is 0. The number of rotatable bonds is 3. The van der Waals surface area contributed by atoms with Gasteiger partial charge in [0.25, 0.3) is 0 Å². The molecule has 0 saturated heterocycles. The van der Waals surface area contributed by atoms with Crippen LogP contribution < -0.4 is 0 Å². The van der Waals surface area contributed by atoms with Gasteiger partial charge in [-0.3, -0.25) is 0 Å². The molecule has 0 atom stereocenters. The highest BCUT2D eigenvalue weighted by Crippen LogP contribution is 2.00. The van der Waals surface area contributed by atoms with Gasteiger partial charge in [0.2, 0.25) is 0 Å². The zero-order valence-electron chi connectivity index (χ0n) is 7.25. The number of nitrogens with one attached hydrogen (secondary N) is 1.